The monoisotopic (exact) mass is 288 g/mol. The van der Waals surface area contributed by atoms with E-state index >= 15 is 0 Å². The second-order valence-electron chi connectivity index (χ2n) is 4.63. The molecule has 6 heteroatoms. The van der Waals surface area contributed by atoms with E-state index in [1.165, 1.54) is 5.69 Å². The van der Waals surface area contributed by atoms with Gasteiger partial charge in [-0.15, -0.1) is 0 Å². The number of hydrogen-bond donors (Lipinski definition) is 3. The highest BCUT2D eigenvalue weighted by Crippen LogP contribution is 2.24. The summed E-state index contributed by atoms with van der Waals surface area (Å²) in [7, 11) is 1.66. The number of aromatic nitrogens is 2. The van der Waals surface area contributed by atoms with Crippen molar-refractivity contribution in [2.24, 2.45) is 0 Å². The van der Waals surface area contributed by atoms with Crippen molar-refractivity contribution in [3.05, 3.63) is 40.3 Å². The number of aromatic amines is 1. The van der Waals surface area contributed by atoms with Crippen molar-refractivity contribution in [1.29, 1.82) is 0 Å². The fraction of sp³-hybridized carbons (Fsp3) is 0.286. The molecule has 0 atom stereocenters. The first-order chi connectivity index (χ1) is 9.76. The van der Waals surface area contributed by atoms with E-state index < -0.39 is 0 Å². The molecule has 1 aliphatic heterocycles. The van der Waals surface area contributed by atoms with Crippen LogP contribution < -0.4 is 15.4 Å². The van der Waals surface area contributed by atoms with Gasteiger partial charge in [-0.25, -0.2) is 4.98 Å². The van der Waals surface area contributed by atoms with E-state index in [0.717, 1.165) is 42.3 Å². The van der Waals surface area contributed by atoms with Gasteiger partial charge in [-0.05, 0) is 36.5 Å². The zero-order chi connectivity index (χ0) is 13.9. The Balaban J connectivity index is 1.93. The summed E-state index contributed by atoms with van der Waals surface area (Å²) in [5, 5.41) is 6.68. The van der Waals surface area contributed by atoms with Gasteiger partial charge in [-0.3, -0.25) is 0 Å². The summed E-state index contributed by atoms with van der Waals surface area (Å²) in [4.78, 5) is 7.58. The van der Waals surface area contributed by atoms with Crippen LogP contribution in [0, 0.1) is 4.77 Å². The van der Waals surface area contributed by atoms with Crippen LogP contribution in [0.15, 0.2) is 24.3 Å². The topological polar surface area (TPSA) is 62.0 Å². The van der Waals surface area contributed by atoms with Gasteiger partial charge in [0.25, 0.3) is 0 Å². The number of ether oxygens (including phenoxy) is 1. The average molecular weight is 288 g/mol. The van der Waals surface area contributed by atoms with Crippen LogP contribution in [0.3, 0.4) is 0 Å². The molecule has 0 aliphatic carbocycles. The van der Waals surface area contributed by atoms with Crippen molar-refractivity contribution >= 4 is 23.7 Å². The fourth-order valence-electron chi connectivity index (χ4n) is 2.29. The molecule has 0 spiro atoms. The average Bonchev–Trinajstić information content (AvgIpc) is 2.48. The van der Waals surface area contributed by atoms with Crippen molar-refractivity contribution in [2.45, 2.75) is 13.0 Å². The molecule has 1 aliphatic rings. The third kappa shape index (κ3) is 2.66. The van der Waals surface area contributed by atoms with E-state index in [1.54, 1.807) is 7.11 Å². The number of H-pyrrole nitrogens is 1. The van der Waals surface area contributed by atoms with Gasteiger partial charge in [-0.1, -0.05) is 0 Å². The van der Waals surface area contributed by atoms with Crippen LogP contribution in [0.4, 0.5) is 11.5 Å². The van der Waals surface area contributed by atoms with Gasteiger partial charge in [0, 0.05) is 36.5 Å². The Bertz CT molecular complexity index is 666. The first-order valence-electron chi connectivity index (χ1n) is 6.50. The summed E-state index contributed by atoms with van der Waals surface area (Å²) in [6.07, 6.45) is 0.943. The lowest BCUT2D eigenvalue weighted by Gasteiger charge is -2.20. The van der Waals surface area contributed by atoms with Gasteiger partial charge in [0.2, 0.25) is 0 Å². The second-order valence-corrected chi connectivity index (χ2v) is 5.01. The molecular weight excluding hydrogens is 272 g/mol. The van der Waals surface area contributed by atoms with Crippen LogP contribution >= 0.6 is 12.2 Å². The standard InChI is InChI=1S/C14H16N4OS/c1-19-10-4-2-9(3-5-10)16-13-11-8-15-7-6-12(11)17-14(20)18-13/h2-5,15H,6-8H2,1H3,(H2,16,17,18,20). The Hall–Kier alpha value is -1.92. The molecular formula is C14H16N4OS. The summed E-state index contributed by atoms with van der Waals surface area (Å²) in [6.45, 7) is 1.76. The first kappa shape index (κ1) is 13.1. The molecule has 0 radical (unpaired) electrons. The quantitative estimate of drug-likeness (QED) is 0.758. The van der Waals surface area contributed by atoms with Gasteiger partial charge >= 0.3 is 0 Å². The summed E-state index contributed by atoms with van der Waals surface area (Å²) in [6, 6.07) is 7.75. The maximum Gasteiger partial charge on any atom is 0.198 e. The summed E-state index contributed by atoms with van der Waals surface area (Å²) < 4.78 is 5.67. The number of hydrogen-bond acceptors (Lipinski definition) is 5. The molecule has 1 aromatic carbocycles. The predicted molar refractivity (Wildman–Crippen MR) is 81.1 cm³/mol. The van der Waals surface area contributed by atoms with Crippen LogP contribution in [0.1, 0.15) is 11.3 Å². The molecule has 0 bridgehead atoms. The molecule has 3 rings (SSSR count). The van der Waals surface area contributed by atoms with E-state index in [-0.39, 0.29) is 0 Å². The number of anilines is 2. The first-order valence-corrected chi connectivity index (χ1v) is 6.91. The van der Waals surface area contributed by atoms with E-state index in [4.69, 9.17) is 17.0 Å². The molecule has 0 unspecified atom stereocenters. The van der Waals surface area contributed by atoms with Crippen LogP contribution in [-0.2, 0) is 13.0 Å². The Labute approximate surface area is 122 Å². The number of fused-ring (bicyclic) bond motifs is 1. The molecule has 0 saturated heterocycles. The van der Waals surface area contributed by atoms with Gasteiger partial charge in [0.05, 0.1) is 7.11 Å². The number of nitrogens with zero attached hydrogens (tertiary/aromatic N) is 1. The van der Waals surface area contributed by atoms with E-state index in [1.807, 2.05) is 24.3 Å². The lowest BCUT2D eigenvalue weighted by molar-refractivity contribution is 0.415. The lowest BCUT2D eigenvalue weighted by atomic mass is 10.1. The van der Waals surface area contributed by atoms with Crippen molar-refractivity contribution in [1.82, 2.24) is 15.3 Å². The van der Waals surface area contributed by atoms with Crippen molar-refractivity contribution in [2.75, 3.05) is 19.0 Å². The predicted octanol–water partition coefficient (Wildman–Crippen LogP) is 2.54. The minimum absolute atomic E-state index is 0.515. The van der Waals surface area contributed by atoms with Crippen molar-refractivity contribution in [3.63, 3.8) is 0 Å². The Morgan fingerprint density at radius 3 is 2.85 bits per heavy atom. The molecule has 104 valence electrons. The van der Waals surface area contributed by atoms with Crippen LogP contribution in [0.25, 0.3) is 0 Å². The second kappa shape index (κ2) is 5.60. The Morgan fingerprint density at radius 1 is 1.30 bits per heavy atom. The van der Waals surface area contributed by atoms with Gasteiger partial charge in [0.1, 0.15) is 11.6 Å². The summed E-state index contributed by atoms with van der Waals surface area (Å²) in [5.41, 5.74) is 3.28. The lowest BCUT2D eigenvalue weighted by Crippen LogP contribution is -2.26. The largest absolute Gasteiger partial charge is 0.497 e. The number of benzene rings is 1. The molecule has 2 heterocycles. The van der Waals surface area contributed by atoms with Crippen molar-refractivity contribution < 1.29 is 4.74 Å². The normalized spacial score (nSPS) is 13.7. The van der Waals surface area contributed by atoms with Gasteiger partial charge in [-0.2, -0.15) is 0 Å². The molecule has 0 saturated carbocycles. The number of nitrogens with one attached hydrogen (secondary N) is 3. The molecule has 3 N–H and O–H groups in total. The Morgan fingerprint density at radius 2 is 2.10 bits per heavy atom. The van der Waals surface area contributed by atoms with E-state index in [2.05, 4.69) is 20.6 Å². The Kier molecular flexibility index (Phi) is 3.66. The van der Waals surface area contributed by atoms with E-state index in [0.29, 0.717) is 4.77 Å². The zero-order valence-electron chi connectivity index (χ0n) is 11.2. The minimum Gasteiger partial charge on any atom is -0.497 e. The van der Waals surface area contributed by atoms with Crippen LogP contribution in [0.2, 0.25) is 0 Å². The number of rotatable bonds is 3. The highest BCUT2D eigenvalue weighted by atomic mass is 32.1. The smallest absolute Gasteiger partial charge is 0.198 e. The fourth-order valence-corrected chi connectivity index (χ4v) is 2.50. The highest BCUT2D eigenvalue weighted by molar-refractivity contribution is 7.71. The summed E-state index contributed by atoms with van der Waals surface area (Å²) >= 11 is 5.19. The molecule has 20 heavy (non-hydrogen) atoms. The molecule has 0 fully saturated rings. The minimum atomic E-state index is 0.515. The third-order valence-corrected chi connectivity index (χ3v) is 3.52. The molecule has 0 amide bonds. The molecule has 1 aromatic heterocycles. The molecule has 5 nitrogen and oxygen atoms in total. The maximum atomic E-state index is 5.19. The molecule has 2 aromatic rings. The zero-order valence-corrected chi connectivity index (χ0v) is 12.0. The van der Waals surface area contributed by atoms with Crippen molar-refractivity contribution in [3.8, 4) is 5.75 Å². The van der Waals surface area contributed by atoms with Crippen LogP contribution in [0.5, 0.6) is 5.75 Å². The highest BCUT2D eigenvalue weighted by Gasteiger charge is 2.15. The van der Waals surface area contributed by atoms with Gasteiger partial charge < -0.3 is 20.4 Å². The maximum absolute atomic E-state index is 5.19. The SMILES string of the molecule is COc1ccc(Nc2nc(=S)[nH]c3c2CNCC3)cc1. The van der Waals surface area contributed by atoms with Gasteiger partial charge in [0.15, 0.2) is 4.77 Å². The van der Waals surface area contributed by atoms with E-state index in [9.17, 15) is 0 Å². The van der Waals surface area contributed by atoms with Crippen LogP contribution in [-0.4, -0.2) is 23.6 Å². The number of methoxy groups -OCH3 is 1. The third-order valence-electron chi connectivity index (χ3n) is 3.33. The summed E-state index contributed by atoms with van der Waals surface area (Å²) in [5.74, 6) is 1.65.